The Morgan fingerprint density at radius 2 is 2.05 bits per heavy atom. The third-order valence-electron chi connectivity index (χ3n) is 4.42. The maximum atomic E-state index is 13.8. The first-order valence-electron chi connectivity index (χ1n) is 6.93. The highest BCUT2D eigenvalue weighted by molar-refractivity contribution is 5.93. The molecule has 2 rings (SSSR count). The normalized spacial score (nSPS) is 18.5. The minimum absolute atomic E-state index is 0.0152. The van der Waals surface area contributed by atoms with Crippen molar-refractivity contribution in [1.29, 1.82) is 5.26 Å². The van der Waals surface area contributed by atoms with Gasteiger partial charge in [0.05, 0.1) is 6.07 Å². The van der Waals surface area contributed by atoms with Crippen molar-refractivity contribution in [2.45, 2.75) is 44.9 Å². The zero-order valence-corrected chi connectivity index (χ0v) is 11.5. The predicted octanol–water partition coefficient (Wildman–Crippen LogP) is 4.11. The van der Waals surface area contributed by atoms with E-state index in [1.165, 1.54) is 6.07 Å². The highest BCUT2D eigenvalue weighted by atomic mass is 19.1. The number of hydrogen-bond donors (Lipinski definition) is 0. The number of rotatable bonds is 4. The fraction of sp³-hybridized carbons (Fsp3) is 0.500. The minimum Gasteiger partial charge on any atom is -0.297 e. The molecule has 4 heteroatoms. The lowest BCUT2D eigenvalue weighted by Gasteiger charge is -2.28. The Hall–Kier alpha value is -1.76. The van der Waals surface area contributed by atoms with E-state index in [0.717, 1.165) is 37.8 Å². The molecule has 0 N–H and O–H groups in total. The van der Waals surface area contributed by atoms with Crippen molar-refractivity contribution in [1.82, 2.24) is 0 Å². The van der Waals surface area contributed by atoms with Crippen molar-refractivity contribution >= 4 is 5.78 Å². The van der Waals surface area contributed by atoms with Gasteiger partial charge in [0.1, 0.15) is 17.6 Å². The second kappa shape index (κ2) is 5.70. The van der Waals surface area contributed by atoms with Crippen LogP contribution in [0.2, 0.25) is 0 Å². The van der Waals surface area contributed by atoms with Crippen LogP contribution in [0.1, 0.15) is 50.5 Å². The van der Waals surface area contributed by atoms with Gasteiger partial charge in [0, 0.05) is 17.0 Å². The smallest absolute Gasteiger partial charge is 0.160 e. The number of nitrogens with zero attached hydrogens (tertiary/aromatic N) is 1. The number of halogens is 2. The van der Waals surface area contributed by atoms with Gasteiger partial charge in [0.2, 0.25) is 0 Å². The van der Waals surface area contributed by atoms with Crippen molar-refractivity contribution in [2.75, 3.05) is 0 Å². The largest absolute Gasteiger partial charge is 0.297 e. The molecule has 2 nitrogen and oxygen atoms in total. The standard InChI is InChI=1S/C16H17F2NO/c1-2-16(7-3-4-8-16)15(20)13(10-19)12-6-5-11(17)9-14(12)18/h5-6,9,13H,2-4,7-8H2,1H3. The summed E-state index contributed by atoms with van der Waals surface area (Å²) >= 11 is 0. The third kappa shape index (κ3) is 2.45. The third-order valence-corrected chi connectivity index (χ3v) is 4.42. The van der Waals surface area contributed by atoms with Crippen LogP contribution in [0, 0.1) is 28.4 Å². The summed E-state index contributed by atoms with van der Waals surface area (Å²) in [5.41, 5.74) is -0.528. The number of hydrogen-bond acceptors (Lipinski definition) is 2. The van der Waals surface area contributed by atoms with Gasteiger partial charge in [0.25, 0.3) is 0 Å². The van der Waals surface area contributed by atoms with E-state index < -0.39 is 23.0 Å². The maximum absolute atomic E-state index is 13.8. The van der Waals surface area contributed by atoms with Crippen LogP contribution < -0.4 is 0 Å². The van der Waals surface area contributed by atoms with Crippen molar-refractivity contribution in [2.24, 2.45) is 5.41 Å². The van der Waals surface area contributed by atoms with Gasteiger partial charge >= 0.3 is 0 Å². The van der Waals surface area contributed by atoms with E-state index in [9.17, 15) is 18.8 Å². The molecule has 1 aromatic carbocycles. The Bertz CT molecular complexity index is 556. The molecule has 106 valence electrons. The van der Waals surface area contributed by atoms with Gasteiger partial charge < -0.3 is 0 Å². The fourth-order valence-corrected chi connectivity index (χ4v) is 3.14. The summed E-state index contributed by atoms with van der Waals surface area (Å²) in [6, 6.07) is 4.91. The maximum Gasteiger partial charge on any atom is 0.160 e. The van der Waals surface area contributed by atoms with Crippen LogP contribution >= 0.6 is 0 Å². The molecule has 1 aliphatic rings. The zero-order valence-electron chi connectivity index (χ0n) is 11.5. The van der Waals surface area contributed by atoms with Crippen LogP contribution in [0.5, 0.6) is 0 Å². The molecule has 0 spiro atoms. The predicted molar refractivity (Wildman–Crippen MR) is 70.9 cm³/mol. The van der Waals surface area contributed by atoms with Crippen LogP contribution in [0.15, 0.2) is 18.2 Å². The summed E-state index contributed by atoms with van der Waals surface area (Å²) < 4.78 is 26.8. The molecular formula is C16H17F2NO. The first-order valence-corrected chi connectivity index (χ1v) is 6.93. The molecule has 0 heterocycles. The zero-order chi connectivity index (χ0) is 14.8. The molecule has 1 unspecified atom stereocenters. The van der Waals surface area contributed by atoms with Crippen LogP contribution in [-0.2, 0) is 4.79 Å². The second-order valence-corrected chi connectivity index (χ2v) is 5.43. The van der Waals surface area contributed by atoms with Gasteiger partial charge in [-0.2, -0.15) is 5.26 Å². The molecule has 1 aliphatic carbocycles. The van der Waals surface area contributed by atoms with Crippen LogP contribution in [-0.4, -0.2) is 5.78 Å². The molecule has 1 fully saturated rings. The molecule has 0 saturated heterocycles. The number of carbonyl (C=O) groups excluding carboxylic acids is 1. The molecule has 0 aromatic heterocycles. The quantitative estimate of drug-likeness (QED) is 0.831. The Morgan fingerprint density at radius 3 is 2.55 bits per heavy atom. The Balaban J connectivity index is 2.37. The molecule has 1 aromatic rings. The van der Waals surface area contributed by atoms with E-state index in [1.807, 2.05) is 13.0 Å². The Morgan fingerprint density at radius 1 is 1.40 bits per heavy atom. The first kappa shape index (κ1) is 14.6. The average molecular weight is 277 g/mol. The van der Waals surface area contributed by atoms with E-state index in [4.69, 9.17) is 0 Å². The van der Waals surface area contributed by atoms with Crippen molar-refractivity contribution in [3.63, 3.8) is 0 Å². The molecular weight excluding hydrogens is 260 g/mol. The van der Waals surface area contributed by atoms with Gasteiger partial charge in [0.15, 0.2) is 5.78 Å². The minimum atomic E-state index is -1.14. The number of nitriles is 1. The van der Waals surface area contributed by atoms with Crippen molar-refractivity contribution in [3.05, 3.63) is 35.4 Å². The van der Waals surface area contributed by atoms with Gasteiger partial charge in [-0.25, -0.2) is 8.78 Å². The molecule has 0 bridgehead atoms. The van der Waals surface area contributed by atoms with Crippen LogP contribution in [0.25, 0.3) is 0 Å². The second-order valence-electron chi connectivity index (χ2n) is 5.43. The molecule has 0 aliphatic heterocycles. The molecule has 20 heavy (non-hydrogen) atoms. The van der Waals surface area contributed by atoms with Gasteiger partial charge in [-0.15, -0.1) is 0 Å². The molecule has 0 amide bonds. The van der Waals surface area contributed by atoms with E-state index in [2.05, 4.69) is 0 Å². The molecule has 0 radical (unpaired) electrons. The Kier molecular flexibility index (Phi) is 4.17. The summed E-state index contributed by atoms with van der Waals surface area (Å²) in [6.07, 6.45) is 4.09. The lowest BCUT2D eigenvalue weighted by Crippen LogP contribution is -2.32. The number of carbonyl (C=O) groups is 1. The first-order chi connectivity index (χ1) is 9.54. The van der Waals surface area contributed by atoms with Gasteiger partial charge in [-0.05, 0) is 25.3 Å². The number of Topliss-reactive ketones (excluding diaryl/α,β-unsaturated/α-hetero) is 1. The van der Waals surface area contributed by atoms with E-state index in [0.29, 0.717) is 6.42 Å². The summed E-state index contributed by atoms with van der Waals surface area (Å²) in [5, 5.41) is 9.28. The SMILES string of the molecule is CCC1(C(=O)C(C#N)c2ccc(F)cc2F)CCCC1. The van der Waals surface area contributed by atoms with E-state index >= 15 is 0 Å². The fourth-order valence-electron chi connectivity index (χ4n) is 3.14. The van der Waals surface area contributed by atoms with Gasteiger partial charge in [-0.1, -0.05) is 25.8 Å². The van der Waals surface area contributed by atoms with E-state index in [1.54, 1.807) is 0 Å². The van der Waals surface area contributed by atoms with Crippen LogP contribution in [0.4, 0.5) is 8.78 Å². The lowest BCUT2D eigenvalue weighted by molar-refractivity contribution is -0.129. The van der Waals surface area contributed by atoms with E-state index in [-0.39, 0.29) is 11.3 Å². The summed E-state index contributed by atoms with van der Waals surface area (Å²) in [4.78, 5) is 12.7. The monoisotopic (exact) mass is 277 g/mol. The summed E-state index contributed by atoms with van der Waals surface area (Å²) in [5.74, 6) is -2.89. The van der Waals surface area contributed by atoms with Crippen LogP contribution in [0.3, 0.4) is 0 Å². The molecule has 1 saturated carbocycles. The highest BCUT2D eigenvalue weighted by Crippen LogP contribution is 2.45. The molecule has 1 atom stereocenters. The lowest BCUT2D eigenvalue weighted by atomic mass is 9.73. The van der Waals surface area contributed by atoms with Crippen molar-refractivity contribution < 1.29 is 13.6 Å². The number of benzene rings is 1. The summed E-state index contributed by atoms with van der Waals surface area (Å²) in [6.45, 7) is 1.93. The van der Waals surface area contributed by atoms with Crippen molar-refractivity contribution in [3.8, 4) is 6.07 Å². The average Bonchev–Trinajstić information content (AvgIpc) is 2.91. The summed E-state index contributed by atoms with van der Waals surface area (Å²) in [7, 11) is 0. The van der Waals surface area contributed by atoms with Gasteiger partial charge in [-0.3, -0.25) is 4.79 Å². The highest BCUT2D eigenvalue weighted by Gasteiger charge is 2.43. The topological polar surface area (TPSA) is 40.9 Å². The number of ketones is 1. The Labute approximate surface area is 117 Å².